The summed E-state index contributed by atoms with van der Waals surface area (Å²) in [4.78, 5) is 4.24. The summed E-state index contributed by atoms with van der Waals surface area (Å²) in [6, 6.07) is 15.3. The van der Waals surface area contributed by atoms with Crippen LogP contribution in [0.2, 0.25) is 0 Å². The van der Waals surface area contributed by atoms with Crippen molar-refractivity contribution in [1.82, 2.24) is 14.8 Å². The summed E-state index contributed by atoms with van der Waals surface area (Å²) in [5, 5.41) is 5.32. The lowest BCUT2D eigenvalue weighted by Gasteiger charge is -2.23. The molecule has 29 heavy (non-hydrogen) atoms. The molecule has 0 aliphatic heterocycles. The number of hydrogen-bond donors (Lipinski definition) is 1. The van der Waals surface area contributed by atoms with Gasteiger partial charge < -0.3 is 15.2 Å². The van der Waals surface area contributed by atoms with Gasteiger partial charge >= 0.3 is 0 Å². The maximum Gasteiger partial charge on any atom is 0.212 e. The maximum absolute atomic E-state index is 13.2. The van der Waals surface area contributed by atoms with Gasteiger partial charge in [-0.15, -0.1) is 0 Å². The average Bonchev–Trinajstić information content (AvgIpc) is 3.16. The maximum atomic E-state index is 13.2. The first-order chi connectivity index (χ1) is 14.0. The van der Waals surface area contributed by atoms with Crippen molar-refractivity contribution in [1.29, 1.82) is 0 Å². The third-order valence-electron chi connectivity index (χ3n) is 4.65. The van der Waals surface area contributed by atoms with E-state index in [-0.39, 0.29) is 18.0 Å². The summed E-state index contributed by atoms with van der Waals surface area (Å²) in [5.41, 5.74) is 8.71. The molecule has 0 saturated carbocycles. The Kier molecular flexibility index (Phi) is 5.14. The molecule has 6 nitrogen and oxygen atoms in total. The normalized spacial score (nSPS) is 13.2. The Hall–Kier alpha value is -3.45. The number of fused-ring (bicyclic) bond motifs is 1. The summed E-state index contributed by atoms with van der Waals surface area (Å²) in [5.74, 6) is 0.928. The van der Waals surface area contributed by atoms with Crippen molar-refractivity contribution < 1.29 is 13.9 Å². The van der Waals surface area contributed by atoms with Crippen molar-refractivity contribution in [3.05, 3.63) is 78.4 Å². The van der Waals surface area contributed by atoms with Crippen LogP contribution in [-0.4, -0.2) is 27.9 Å². The van der Waals surface area contributed by atoms with Gasteiger partial charge in [-0.1, -0.05) is 0 Å². The van der Waals surface area contributed by atoms with E-state index in [1.165, 1.54) is 12.1 Å². The first kappa shape index (κ1) is 18.9. The van der Waals surface area contributed by atoms with E-state index in [0.29, 0.717) is 11.6 Å². The SMILES string of the molecule is COc1ccc([C@@H](Oc2ccc3c(cnn3-c3ccc(F)cc3)c2)[C@H](C)N)cn1. The molecule has 0 radical (unpaired) electrons. The van der Waals surface area contributed by atoms with Gasteiger partial charge in [0.15, 0.2) is 0 Å². The second-order valence-corrected chi connectivity index (χ2v) is 6.78. The smallest absolute Gasteiger partial charge is 0.212 e. The highest BCUT2D eigenvalue weighted by Gasteiger charge is 2.19. The van der Waals surface area contributed by atoms with Gasteiger partial charge in [0.1, 0.15) is 17.7 Å². The van der Waals surface area contributed by atoms with Gasteiger partial charge in [-0.05, 0) is 55.5 Å². The topological polar surface area (TPSA) is 75.2 Å². The molecule has 2 heterocycles. The minimum atomic E-state index is -0.363. The van der Waals surface area contributed by atoms with Crippen LogP contribution in [0.15, 0.2) is 67.0 Å². The summed E-state index contributed by atoms with van der Waals surface area (Å²) >= 11 is 0. The average molecular weight is 392 g/mol. The van der Waals surface area contributed by atoms with Crippen LogP contribution in [-0.2, 0) is 0 Å². The summed E-state index contributed by atoms with van der Waals surface area (Å²) in [6.45, 7) is 1.89. The lowest BCUT2D eigenvalue weighted by Crippen LogP contribution is -2.29. The van der Waals surface area contributed by atoms with E-state index in [0.717, 1.165) is 22.2 Å². The monoisotopic (exact) mass is 392 g/mol. The second kappa shape index (κ2) is 7.89. The fraction of sp³-hybridized carbons (Fsp3) is 0.182. The van der Waals surface area contributed by atoms with Gasteiger partial charge in [-0.3, -0.25) is 0 Å². The molecule has 0 bridgehead atoms. The number of nitrogens with two attached hydrogens (primary N) is 1. The number of benzene rings is 2. The van der Waals surface area contributed by atoms with Crippen molar-refractivity contribution in [3.8, 4) is 17.3 Å². The van der Waals surface area contributed by atoms with Gasteiger partial charge in [0.2, 0.25) is 5.88 Å². The number of nitrogens with zero attached hydrogens (tertiary/aromatic N) is 3. The predicted molar refractivity (Wildman–Crippen MR) is 109 cm³/mol. The highest BCUT2D eigenvalue weighted by Crippen LogP contribution is 2.28. The number of rotatable bonds is 6. The third kappa shape index (κ3) is 3.90. The number of methoxy groups -OCH3 is 1. The Bertz CT molecular complexity index is 1110. The van der Waals surface area contributed by atoms with E-state index < -0.39 is 0 Å². The van der Waals surface area contributed by atoms with Gasteiger partial charge in [0.05, 0.1) is 24.5 Å². The molecule has 4 aromatic rings. The number of pyridine rings is 1. The molecule has 4 rings (SSSR count). The van der Waals surface area contributed by atoms with Crippen LogP contribution < -0.4 is 15.2 Å². The van der Waals surface area contributed by atoms with Crippen molar-refractivity contribution >= 4 is 10.9 Å². The lowest BCUT2D eigenvalue weighted by atomic mass is 10.1. The summed E-state index contributed by atoms with van der Waals surface area (Å²) < 4.78 is 26.2. The van der Waals surface area contributed by atoms with E-state index in [1.54, 1.807) is 42.4 Å². The molecule has 0 fully saturated rings. The first-order valence-corrected chi connectivity index (χ1v) is 9.21. The fourth-order valence-electron chi connectivity index (χ4n) is 3.18. The molecular formula is C22H21FN4O2. The zero-order valence-electron chi connectivity index (χ0n) is 16.1. The Morgan fingerprint density at radius 2 is 1.83 bits per heavy atom. The first-order valence-electron chi connectivity index (χ1n) is 9.21. The molecule has 2 N–H and O–H groups in total. The standard InChI is InChI=1S/C22H21FN4O2/c1-14(24)22(15-3-10-21(28-2)25-12-15)29-19-8-9-20-16(11-19)13-26-27(20)18-6-4-17(23)5-7-18/h3-14,22H,24H2,1-2H3/t14-,22-/m0/s1. The summed E-state index contributed by atoms with van der Waals surface area (Å²) in [7, 11) is 1.57. The van der Waals surface area contributed by atoms with Gasteiger partial charge in [-0.25, -0.2) is 14.1 Å². The fourth-order valence-corrected chi connectivity index (χ4v) is 3.18. The molecule has 2 atom stereocenters. The number of halogens is 1. The molecule has 0 saturated heterocycles. The zero-order chi connectivity index (χ0) is 20.4. The molecule has 2 aromatic heterocycles. The minimum absolute atomic E-state index is 0.247. The Morgan fingerprint density at radius 3 is 2.48 bits per heavy atom. The summed E-state index contributed by atoms with van der Waals surface area (Å²) in [6.07, 6.45) is 3.09. The third-order valence-corrected chi connectivity index (χ3v) is 4.65. The van der Waals surface area contributed by atoms with Gasteiger partial charge in [0.25, 0.3) is 0 Å². The molecule has 7 heteroatoms. The number of ether oxygens (including phenoxy) is 2. The predicted octanol–water partition coefficient (Wildman–Crippen LogP) is 4.04. The van der Waals surface area contributed by atoms with Crippen LogP contribution in [0.3, 0.4) is 0 Å². The van der Waals surface area contributed by atoms with Crippen LogP contribution in [0, 0.1) is 5.82 Å². The molecule has 0 aliphatic carbocycles. The molecule has 0 aliphatic rings. The largest absolute Gasteiger partial charge is 0.484 e. The van der Waals surface area contributed by atoms with E-state index in [4.69, 9.17) is 15.2 Å². The number of aromatic nitrogens is 3. The quantitative estimate of drug-likeness (QED) is 0.536. The minimum Gasteiger partial charge on any atom is -0.484 e. The van der Waals surface area contributed by atoms with Gasteiger partial charge in [-0.2, -0.15) is 5.10 Å². The Labute approximate surface area is 167 Å². The molecule has 0 amide bonds. The Balaban J connectivity index is 1.62. The van der Waals surface area contributed by atoms with Crippen molar-refractivity contribution in [2.45, 2.75) is 19.1 Å². The van der Waals surface area contributed by atoms with Crippen molar-refractivity contribution in [3.63, 3.8) is 0 Å². The Morgan fingerprint density at radius 1 is 1.03 bits per heavy atom. The van der Waals surface area contributed by atoms with Crippen LogP contribution in [0.25, 0.3) is 16.6 Å². The van der Waals surface area contributed by atoms with Gasteiger partial charge in [0, 0.05) is 29.3 Å². The lowest BCUT2D eigenvalue weighted by molar-refractivity contribution is 0.180. The van der Waals surface area contributed by atoms with Crippen LogP contribution in [0.5, 0.6) is 11.6 Å². The van der Waals surface area contributed by atoms with E-state index in [9.17, 15) is 4.39 Å². The highest BCUT2D eigenvalue weighted by molar-refractivity contribution is 5.81. The molecular weight excluding hydrogens is 371 g/mol. The molecule has 0 unspecified atom stereocenters. The highest BCUT2D eigenvalue weighted by atomic mass is 19.1. The van der Waals surface area contributed by atoms with E-state index in [2.05, 4.69) is 10.1 Å². The second-order valence-electron chi connectivity index (χ2n) is 6.78. The number of hydrogen-bond acceptors (Lipinski definition) is 5. The van der Waals surface area contributed by atoms with Crippen LogP contribution in [0.1, 0.15) is 18.6 Å². The molecule has 2 aromatic carbocycles. The van der Waals surface area contributed by atoms with Crippen LogP contribution in [0.4, 0.5) is 4.39 Å². The molecule has 0 spiro atoms. The van der Waals surface area contributed by atoms with Crippen LogP contribution >= 0.6 is 0 Å². The molecule has 148 valence electrons. The zero-order valence-corrected chi connectivity index (χ0v) is 16.1. The van der Waals surface area contributed by atoms with E-state index >= 15 is 0 Å². The van der Waals surface area contributed by atoms with Crippen molar-refractivity contribution in [2.24, 2.45) is 5.73 Å². The van der Waals surface area contributed by atoms with E-state index in [1.807, 2.05) is 31.2 Å². The van der Waals surface area contributed by atoms with Crippen molar-refractivity contribution in [2.75, 3.05) is 7.11 Å².